The van der Waals surface area contributed by atoms with Gasteiger partial charge in [-0.3, -0.25) is 9.78 Å². The fourth-order valence-electron chi connectivity index (χ4n) is 1.19. The van der Waals surface area contributed by atoms with Crippen LogP contribution in [-0.2, 0) is 16.0 Å². The molecule has 1 rings (SSSR count). The number of hydrogen-bond donors (Lipinski definition) is 0. The lowest BCUT2D eigenvalue weighted by Gasteiger charge is -2.01. The second-order valence-corrected chi connectivity index (χ2v) is 2.98. The molecule has 1 aromatic rings. The first-order valence-electron chi connectivity index (χ1n) is 4.88. The van der Waals surface area contributed by atoms with Crippen LogP contribution in [0.2, 0.25) is 0 Å². The molecule has 3 heteroatoms. The van der Waals surface area contributed by atoms with E-state index in [0.29, 0.717) is 13.0 Å². The Kier molecular flexibility index (Phi) is 4.69. The molecule has 3 nitrogen and oxygen atoms in total. The highest BCUT2D eigenvalue weighted by Crippen LogP contribution is 2.01. The maximum Gasteiger partial charge on any atom is 0.305 e. The second-order valence-electron chi connectivity index (χ2n) is 2.98. The molecule has 0 fully saturated rings. The number of aryl methyl sites for hydroxylation is 1. The fraction of sp³-hybridized carbons (Fsp3) is 0.455. The summed E-state index contributed by atoms with van der Waals surface area (Å²) in [6.07, 6.45) is 3.87. The average molecular weight is 193 g/mol. The number of rotatable bonds is 5. The number of pyridine rings is 1. The van der Waals surface area contributed by atoms with Crippen molar-refractivity contribution < 1.29 is 9.53 Å². The third kappa shape index (κ3) is 4.03. The van der Waals surface area contributed by atoms with Crippen LogP contribution in [-0.4, -0.2) is 17.6 Å². The molecule has 0 bridgehead atoms. The molecule has 0 N–H and O–H groups in total. The van der Waals surface area contributed by atoms with Gasteiger partial charge in [0.05, 0.1) is 6.61 Å². The molecule has 0 aliphatic carbocycles. The number of carbonyl (C=O) groups is 1. The van der Waals surface area contributed by atoms with E-state index in [2.05, 4.69) is 4.98 Å². The lowest BCUT2D eigenvalue weighted by molar-refractivity contribution is -0.143. The third-order valence-corrected chi connectivity index (χ3v) is 1.85. The zero-order valence-corrected chi connectivity index (χ0v) is 8.40. The van der Waals surface area contributed by atoms with E-state index < -0.39 is 0 Å². The van der Waals surface area contributed by atoms with Gasteiger partial charge in [0.2, 0.25) is 0 Å². The van der Waals surface area contributed by atoms with E-state index in [9.17, 15) is 4.79 Å². The zero-order chi connectivity index (χ0) is 10.2. The van der Waals surface area contributed by atoms with Crippen molar-refractivity contribution >= 4 is 5.97 Å². The summed E-state index contributed by atoms with van der Waals surface area (Å²) in [7, 11) is 0. The van der Waals surface area contributed by atoms with Crippen LogP contribution in [0.25, 0.3) is 0 Å². The van der Waals surface area contributed by atoms with Crippen molar-refractivity contribution in [1.82, 2.24) is 4.98 Å². The lowest BCUT2D eigenvalue weighted by atomic mass is 10.2. The van der Waals surface area contributed by atoms with Crippen LogP contribution < -0.4 is 0 Å². The van der Waals surface area contributed by atoms with Crippen LogP contribution in [0.4, 0.5) is 0 Å². The Morgan fingerprint density at radius 2 is 2.36 bits per heavy atom. The first-order chi connectivity index (χ1) is 6.83. The van der Waals surface area contributed by atoms with E-state index >= 15 is 0 Å². The van der Waals surface area contributed by atoms with Crippen LogP contribution in [0, 0.1) is 0 Å². The summed E-state index contributed by atoms with van der Waals surface area (Å²) >= 11 is 0. The van der Waals surface area contributed by atoms with Gasteiger partial charge in [0.1, 0.15) is 0 Å². The minimum absolute atomic E-state index is 0.122. The van der Waals surface area contributed by atoms with Gasteiger partial charge in [0.25, 0.3) is 0 Å². The lowest BCUT2D eigenvalue weighted by Crippen LogP contribution is -2.04. The highest BCUT2D eigenvalue weighted by Gasteiger charge is 2.01. The highest BCUT2D eigenvalue weighted by molar-refractivity contribution is 5.69. The molecular formula is C11H15NO2. The molecule has 0 unspecified atom stereocenters. The van der Waals surface area contributed by atoms with Crippen molar-refractivity contribution in [2.75, 3.05) is 6.61 Å². The molecule has 76 valence electrons. The van der Waals surface area contributed by atoms with Crippen molar-refractivity contribution in [3.05, 3.63) is 30.1 Å². The summed E-state index contributed by atoms with van der Waals surface area (Å²) in [5.74, 6) is -0.122. The van der Waals surface area contributed by atoms with Crippen LogP contribution in [0.5, 0.6) is 0 Å². The van der Waals surface area contributed by atoms with Crippen molar-refractivity contribution in [3.8, 4) is 0 Å². The van der Waals surface area contributed by atoms with Crippen molar-refractivity contribution in [1.29, 1.82) is 0 Å². The molecule has 1 aromatic heterocycles. The second kappa shape index (κ2) is 6.13. The fourth-order valence-corrected chi connectivity index (χ4v) is 1.19. The third-order valence-electron chi connectivity index (χ3n) is 1.85. The molecule has 0 saturated carbocycles. The number of hydrogen-bond acceptors (Lipinski definition) is 3. The maximum atomic E-state index is 11.0. The molecule has 1 heterocycles. The van der Waals surface area contributed by atoms with Gasteiger partial charge in [-0.05, 0) is 31.9 Å². The molecular weight excluding hydrogens is 178 g/mol. The van der Waals surface area contributed by atoms with Gasteiger partial charge in [-0.1, -0.05) is 6.07 Å². The molecule has 0 spiro atoms. The first-order valence-corrected chi connectivity index (χ1v) is 4.88. The molecule has 14 heavy (non-hydrogen) atoms. The normalized spacial score (nSPS) is 9.79. The minimum Gasteiger partial charge on any atom is -0.466 e. The molecule has 0 aromatic carbocycles. The van der Waals surface area contributed by atoms with Gasteiger partial charge in [0, 0.05) is 18.3 Å². The van der Waals surface area contributed by atoms with Gasteiger partial charge >= 0.3 is 5.97 Å². The number of nitrogens with zero attached hydrogens (tertiary/aromatic N) is 1. The maximum absolute atomic E-state index is 11.0. The Bertz CT molecular complexity index is 272. The van der Waals surface area contributed by atoms with Gasteiger partial charge in [-0.2, -0.15) is 0 Å². The highest BCUT2D eigenvalue weighted by atomic mass is 16.5. The van der Waals surface area contributed by atoms with Crippen molar-refractivity contribution in [2.24, 2.45) is 0 Å². The monoisotopic (exact) mass is 193 g/mol. The largest absolute Gasteiger partial charge is 0.466 e. The first kappa shape index (κ1) is 10.7. The van der Waals surface area contributed by atoms with Crippen LogP contribution in [0.1, 0.15) is 25.5 Å². The Morgan fingerprint density at radius 3 is 3.00 bits per heavy atom. The zero-order valence-electron chi connectivity index (χ0n) is 8.40. The Balaban J connectivity index is 2.19. The van der Waals surface area contributed by atoms with Crippen LogP contribution in [0.15, 0.2) is 24.4 Å². The Labute approximate surface area is 84.1 Å². The van der Waals surface area contributed by atoms with E-state index in [-0.39, 0.29) is 5.97 Å². The van der Waals surface area contributed by atoms with Gasteiger partial charge in [-0.25, -0.2) is 0 Å². The van der Waals surface area contributed by atoms with Crippen LogP contribution in [0.3, 0.4) is 0 Å². The molecule has 0 saturated heterocycles. The van der Waals surface area contributed by atoms with E-state index in [1.807, 2.05) is 25.1 Å². The smallest absolute Gasteiger partial charge is 0.305 e. The number of esters is 1. The number of ether oxygens (including phenoxy) is 1. The summed E-state index contributed by atoms with van der Waals surface area (Å²) < 4.78 is 4.82. The number of aromatic nitrogens is 1. The molecule has 0 amide bonds. The predicted octanol–water partition coefficient (Wildman–Crippen LogP) is 1.97. The van der Waals surface area contributed by atoms with Gasteiger partial charge in [-0.15, -0.1) is 0 Å². The minimum atomic E-state index is -0.122. The summed E-state index contributed by atoms with van der Waals surface area (Å²) in [4.78, 5) is 15.2. The van der Waals surface area contributed by atoms with E-state index in [0.717, 1.165) is 18.5 Å². The summed E-state index contributed by atoms with van der Waals surface area (Å²) in [5.41, 5.74) is 1.02. The van der Waals surface area contributed by atoms with Crippen LogP contribution >= 0.6 is 0 Å². The Hall–Kier alpha value is -1.38. The number of carbonyl (C=O) groups excluding carboxylic acids is 1. The quantitative estimate of drug-likeness (QED) is 0.671. The van der Waals surface area contributed by atoms with E-state index in [4.69, 9.17) is 4.74 Å². The van der Waals surface area contributed by atoms with Crippen molar-refractivity contribution in [3.63, 3.8) is 0 Å². The topological polar surface area (TPSA) is 39.2 Å². The van der Waals surface area contributed by atoms with E-state index in [1.165, 1.54) is 0 Å². The van der Waals surface area contributed by atoms with Crippen molar-refractivity contribution in [2.45, 2.75) is 26.2 Å². The molecule has 0 aliphatic heterocycles. The SMILES string of the molecule is CCOC(=O)CCCc1ccccn1. The van der Waals surface area contributed by atoms with Gasteiger partial charge in [0.15, 0.2) is 0 Å². The summed E-state index contributed by atoms with van der Waals surface area (Å²) in [6.45, 7) is 2.28. The molecule has 0 atom stereocenters. The molecule has 0 aliphatic rings. The predicted molar refractivity (Wildman–Crippen MR) is 53.8 cm³/mol. The average Bonchev–Trinajstić information content (AvgIpc) is 2.20. The molecule has 0 radical (unpaired) electrons. The summed E-state index contributed by atoms with van der Waals surface area (Å²) in [5, 5.41) is 0. The standard InChI is InChI=1S/C11H15NO2/c1-2-14-11(13)8-5-7-10-6-3-4-9-12-10/h3-4,6,9H,2,5,7-8H2,1H3. The van der Waals surface area contributed by atoms with E-state index in [1.54, 1.807) is 6.20 Å². The Morgan fingerprint density at radius 1 is 1.50 bits per heavy atom. The summed E-state index contributed by atoms with van der Waals surface area (Å²) in [6, 6.07) is 5.80. The van der Waals surface area contributed by atoms with Gasteiger partial charge < -0.3 is 4.74 Å².